The minimum atomic E-state index is -2.73. The van der Waals surface area contributed by atoms with Gasteiger partial charge in [-0.3, -0.25) is 9.98 Å². The number of aliphatic imine (C=N–C) groups is 1. The Kier molecular flexibility index (Phi) is 4.58. The number of alkyl halides is 2. The molecule has 0 saturated heterocycles. The number of nitrogens with zero attached hydrogens (tertiary/aromatic N) is 4. The lowest BCUT2D eigenvalue weighted by atomic mass is 9.77. The summed E-state index contributed by atoms with van der Waals surface area (Å²) in [4.78, 5) is 16.6. The lowest BCUT2D eigenvalue weighted by molar-refractivity contribution is 0.146. The number of benzene rings is 2. The predicted octanol–water partition coefficient (Wildman–Crippen LogP) is 5.34. The fourth-order valence-corrected chi connectivity index (χ4v) is 4.01. The molecule has 0 spiro atoms. The Bertz CT molecular complexity index is 1290. The molecule has 0 N–H and O–H groups in total. The number of fused-ring (bicyclic) bond motifs is 1. The summed E-state index contributed by atoms with van der Waals surface area (Å²) in [7, 11) is 0. The Morgan fingerprint density at radius 1 is 0.839 bits per heavy atom. The second kappa shape index (κ2) is 7.43. The predicted molar refractivity (Wildman–Crippen MR) is 111 cm³/mol. The van der Waals surface area contributed by atoms with Crippen molar-refractivity contribution in [1.29, 1.82) is 0 Å². The van der Waals surface area contributed by atoms with Gasteiger partial charge in [-0.15, -0.1) is 0 Å². The molecule has 1 aliphatic rings. The van der Waals surface area contributed by atoms with Gasteiger partial charge in [0.2, 0.25) is 0 Å². The van der Waals surface area contributed by atoms with Gasteiger partial charge in [0, 0.05) is 41.5 Å². The van der Waals surface area contributed by atoms with Crippen molar-refractivity contribution >= 4 is 6.21 Å². The van der Waals surface area contributed by atoms with Crippen LogP contribution in [0.5, 0.6) is 0 Å². The smallest absolute Gasteiger partial charge is 0.271 e. The first-order chi connectivity index (χ1) is 15.1. The lowest BCUT2D eigenvalue weighted by Gasteiger charge is -2.30. The molecule has 0 fully saturated rings. The normalized spacial score (nSPS) is 17.2. The number of pyridine rings is 1. The van der Waals surface area contributed by atoms with E-state index in [1.165, 1.54) is 30.9 Å². The van der Waals surface area contributed by atoms with Crippen LogP contribution in [0.25, 0.3) is 11.1 Å². The summed E-state index contributed by atoms with van der Waals surface area (Å²) in [6.45, 7) is 0. The molecule has 0 radical (unpaired) electrons. The van der Waals surface area contributed by atoms with Gasteiger partial charge >= 0.3 is 0 Å². The summed E-state index contributed by atoms with van der Waals surface area (Å²) in [6, 6.07) is 15.2. The van der Waals surface area contributed by atoms with Gasteiger partial charge in [0.05, 0.1) is 0 Å². The molecule has 1 unspecified atom stereocenters. The monoisotopic (exact) mass is 416 g/mol. The highest BCUT2D eigenvalue weighted by Gasteiger charge is 2.42. The van der Waals surface area contributed by atoms with E-state index < -0.39 is 17.8 Å². The van der Waals surface area contributed by atoms with Gasteiger partial charge in [-0.05, 0) is 41.0 Å². The summed E-state index contributed by atoms with van der Waals surface area (Å²) in [5.41, 5.74) is 2.21. The van der Waals surface area contributed by atoms with Crippen LogP contribution < -0.4 is 0 Å². The van der Waals surface area contributed by atoms with Gasteiger partial charge in [-0.2, -0.15) is 0 Å². The maximum atomic E-state index is 14.6. The van der Waals surface area contributed by atoms with Crippen LogP contribution in [0.2, 0.25) is 0 Å². The molecule has 3 heterocycles. The van der Waals surface area contributed by atoms with Crippen molar-refractivity contribution in [3.05, 3.63) is 113 Å². The van der Waals surface area contributed by atoms with E-state index in [-0.39, 0.29) is 5.69 Å². The molecule has 152 valence electrons. The zero-order valence-corrected chi connectivity index (χ0v) is 16.1. The highest BCUT2D eigenvalue weighted by molar-refractivity contribution is 5.89. The SMILES string of the molecule is Fc1cccc2c1C=NC2(c1cccc(-c2cncnc2)c1)c1ccnc(C(F)F)c1. The third-order valence-corrected chi connectivity index (χ3v) is 5.43. The van der Waals surface area contributed by atoms with Crippen molar-refractivity contribution in [3.8, 4) is 11.1 Å². The molecule has 31 heavy (non-hydrogen) atoms. The van der Waals surface area contributed by atoms with Crippen LogP contribution >= 0.6 is 0 Å². The van der Waals surface area contributed by atoms with Crippen LogP contribution in [0.15, 0.2) is 84.5 Å². The minimum Gasteiger partial charge on any atom is -0.271 e. The topological polar surface area (TPSA) is 51.0 Å². The fourth-order valence-electron chi connectivity index (χ4n) is 4.01. The number of hydrogen-bond donors (Lipinski definition) is 0. The Morgan fingerprint density at radius 3 is 2.42 bits per heavy atom. The van der Waals surface area contributed by atoms with Crippen LogP contribution in [0.4, 0.5) is 13.2 Å². The first kappa shape index (κ1) is 19.1. The summed E-state index contributed by atoms with van der Waals surface area (Å²) in [5.74, 6) is -0.418. The summed E-state index contributed by atoms with van der Waals surface area (Å²) >= 11 is 0. The van der Waals surface area contributed by atoms with Gasteiger partial charge < -0.3 is 0 Å². The molecule has 5 rings (SSSR count). The van der Waals surface area contributed by atoms with E-state index in [9.17, 15) is 13.2 Å². The van der Waals surface area contributed by atoms with E-state index >= 15 is 0 Å². The van der Waals surface area contributed by atoms with Gasteiger partial charge in [-0.25, -0.2) is 23.1 Å². The van der Waals surface area contributed by atoms with Crippen molar-refractivity contribution < 1.29 is 13.2 Å². The van der Waals surface area contributed by atoms with E-state index in [0.717, 1.165) is 11.1 Å². The third kappa shape index (κ3) is 3.09. The Hall–Kier alpha value is -3.87. The molecule has 0 aliphatic carbocycles. The average Bonchev–Trinajstić information content (AvgIpc) is 3.22. The highest BCUT2D eigenvalue weighted by atomic mass is 19.3. The minimum absolute atomic E-state index is 0.339. The summed E-state index contributed by atoms with van der Waals surface area (Å²) < 4.78 is 41.4. The van der Waals surface area contributed by atoms with Crippen molar-refractivity contribution in [2.75, 3.05) is 0 Å². The highest BCUT2D eigenvalue weighted by Crippen LogP contribution is 2.46. The van der Waals surface area contributed by atoms with E-state index in [1.54, 1.807) is 30.6 Å². The molecule has 1 aliphatic heterocycles. The van der Waals surface area contributed by atoms with E-state index in [0.29, 0.717) is 22.3 Å². The zero-order chi connectivity index (χ0) is 21.4. The molecule has 1 atom stereocenters. The zero-order valence-electron chi connectivity index (χ0n) is 16.1. The third-order valence-electron chi connectivity index (χ3n) is 5.43. The average molecular weight is 416 g/mol. The Morgan fingerprint density at radius 2 is 1.61 bits per heavy atom. The largest absolute Gasteiger partial charge is 0.280 e. The standard InChI is InChI=1S/C24H15F3N4/c25-21-6-2-5-20-19(21)13-31-24(20,18-7-8-30-22(10-18)23(26)27)17-4-1-3-15(9-17)16-11-28-14-29-12-16/h1-14,23H. The first-order valence-corrected chi connectivity index (χ1v) is 9.54. The van der Waals surface area contributed by atoms with Crippen LogP contribution in [-0.2, 0) is 5.54 Å². The van der Waals surface area contributed by atoms with Gasteiger partial charge in [-0.1, -0.05) is 30.3 Å². The molecular weight excluding hydrogens is 401 g/mol. The second-order valence-corrected chi connectivity index (χ2v) is 7.15. The van der Waals surface area contributed by atoms with Crippen molar-refractivity contribution in [2.45, 2.75) is 12.0 Å². The van der Waals surface area contributed by atoms with Crippen LogP contribution in [0.1, 0.15) is 34.4 Å². The lowest BCUT2D eigenvalue weighted by Crippen LogP contribution is -2.26. The number of halogens is 3. The molecule has 7 heteroatoms. The maximum Gasteiger partial charge on any atom is 0.280 e. The van der Waals surface area contributed by atoms with Crippen LogP contribution in [0, 0.1) is 5.82 Å². The Labute approximate surface area is 176 Å². The van der Waals surface area contributed by atoms with Crippen molar-refractivity contribution in [2.24, 2.45) is 4.99 Å². The van der Waals surface area contributed by atoms with E-state index in [1.807, 2.05) is 24.3 Å². The second-order valence-electron chi connectivity index (χ2n) is 7.15. The van der Waals surface area contributed by atoms with Gasteiger partial charge in [0.25, 0.3) is 6.43 Å². The maximum absolute atomic E-state index is 14.6. The quantitative estimate of drug-likeness (QED) is 0.451. The first-order valence-electron chi connectivity index (χ1n) is 9.54. The fraction of sp³-hybridized carbons (Fsp3) is 0.0833. The molecular formula is C24H15F3N4. The number of hydrogen-bond acceptors (Lipinski definition) is 4. The molecule has 0 amide bonds. The molecule has 0 bridgehead atoms. The van der Waals surface area contributed by atoms with Crippen LogP contribution in [0.3, 0.4) is 0 Å². The molecule has 2 aromatic heterocycles. The summed E-state index contributed by atoms with van der Waals surface area (Å²) in [6.07, 6.45) is 4.88. The number of rotatable bonds is 4. The van der Waals surface area contributed by atoms with Crippen molar-refractivity contribution in [1.82, 2.24) is 15.0 Å². The van der Waals surface area contributed by atoms with E-state index in [4.69, 9.17) is 4.99 Å². The molecule has 0 saturated carbocycles. The molecule has 4 nitrogen and oxygen atoms in total. The van der Waals surface area contributed by atoms with Gasteiger partial charge in [0.1, 0.15) is 23.4 Å². The van der Waals surface area contributed by atoms with Crippen molar-refractivity contribution in [3.63, 3.8) is 0 Å². The number of aromatic nitrogens is 3. The summed E-state index contributed by atoms with van der Waals surface area (Å²) in [5, 5.41) is 0. The molecule has 4 aromatic rings. The van der Waals surface area contributed by atoms with Gasteiger partial charge in [0.15, 0.2) is 0 Å². The molecule has 2 aromatic carbocycles. The van der Waals surface area contributed by atoms with E-state index in [2.05, 4.69) is 15.0 Å². The van der Waals surface area contributed by atoms with Crippen LogP contribution in [-0.4, -0.2) is 21.2 Å². The Balaban J connectivity index is 1.78.